The number of likely N-dealkylation sites (N-methyl/N-ethyl adjacent to an activating group) is 1. The third-order valence-electron chi connectivity index (χ3n) is 6.37. The van der Waals surface area contributed by atoms with Gasteiger partial charge in [-0.3, -0.25) is 9.59 Å². The van der Waals surface area contributed by atoms with Crippen LogP contribution in [0.25, 0.3) is 0 Å². The molecule has 0 heterocycles. The Morgan fingerprint density at radius 2 is 1.92 bits per heavy atom. The number of carbonyl (C=O) groups is 2. The molecule has 1 aliphatic rings. The molecule has 8 heteroatoms. The van der Waals surface area contributed by atoms with Crippen molar-refractivity contribution in [3.8, 4) is 11.5 Å². The molecule has 0 aromatic heterocycles. The zero-order valence-corrected chi connectivity index (χ0v) is 22.6. The van der Waals surface area contributed by atoms with Crippen LogP contribution in [0.3, 0.4) is 0 Å². The topological polar surface area (TPSA) is 99.4 Å². The predicted molar refractivity (Wildman–Crippen MR) is 144 cm³/mol. The van der Waals surface area contributed by atoms with Crippen LogP contribution in [0.2, 0.25) is 5.02 Å². The second-order valence-electron chi connectivity index (χ2n) is 9.20. The fourth-order valence-electron chi connectivity index (χ4n) is 4.44. The number of phenolic OH excluding ortho intramolecular Hbond substituents is 2. The molecule has 2 rings (SSSR count). The Hall–Kier alpha value is -2.80. The monoisotopic (exact) mass is 518 g/mol. The van der Waals surface area contributed by atoms with Gasteiger partial charge in [0.15, 0.2) is 12.4 Å². The number of hydrogen-bond acceptors (Lipinski definition) is 6. The molecule has 1 unspecified atom stereocenters. The van der Waals surface area contributed by atoms with E-state index < -0.39 is 0 Å². The fraction of sp³-hybridized carbons (Fsp3) is 0.536. The van der Waals surface area contributed by atoms with Crippen molar-refractivity contribution in [2.45, 2.75) is 72.6 Å². The summed E-state index contributed by atoms with van der Waals surface area (Å²) in [5.74, 6) is -0.895. The summed E-state index contributed by atoms with van der Waals surface area (Å²) in [5, 5.41) is 25.2. The Morgan fingerprint density at radius 1 is 1.19 bits per heavy atom. The summed E-state index contributed by atoms with van der Waals surface area (Å²) in [6.07, 6.45) is 10.7. The van der Waals surface area contributed by atoms with Gasteiger partial charge in [0.05, 0.1) is 16.3 Å². The summed E-state index contributed by atoms with van der Waals surface area (Å²) in [5.41, 5.74) is 1.86. The van der Waals surface area contributed by atoms with E-state index in [9.17, 15) is 19.8 Å². The second kappa shape index (κ2) is 14.7. The lowest BCUT2D eigenvalue weighted by molar-refractivity contribution is -0.135. The molecule has 2 N–H and O–H groups in total. The van der Waals surface area contributed by atoms with E-state index in [-0.39, 0.29) is 59.1 Å². The molecule has 0 fully saturated rings. The van der Waals surface area contributed by atoms with E-state index in [1.807, 2.05) is 26.8 Å². The van der Waals surface area contributed by atoms with E-state index in [0.29, 0.717) is 24.4 Å². The molecule has 1 amide bonds. The summed E-state index contributed by atoms with van der Waals surface area (Å²) in [6.45, 7) is 8.78. The number of aromatic hydroxyl groups is 2. The van der Waals surface area contributed by atoms with Crippen molar-refractivity contribution < 1.29 is 24.6 Å². The number of carbonyl (C=O) groups excluding carboxylic acids is 2. The SMILES string of the molecule is CCCC1C/C=C/CC/C(C)=C/C(=N\OCC(=O)N(CC)CC)Cc2c(Cl)c(O)cc(O)c2C(=O)C1. The maximum atomic E-state index is 13.4. The molecule has 0 aliphatic heterocycles. The highest BCUT2D eigenvalue weighted by atomic mass is 35.5. The summed E-state index contributed by atoms with van der Waals surface area (Å²) in [6, 6.07) is 1.11. The van der Waals surface area contributed by atoms with Gasteiger partial charge in [-0.1, -0.05) is 47.8 Å². The van der Waals surface area contributed by atoms with Crippen LogP contribution in [0.4, 0.5) is 0 Å². The minimum atomic E-state index is -0.313. The largest absolute Gasteiger partial charge is 0.507 e. The van der Waals surface area contributed by atoms with Gasteiger partial charge < -0.3 is 20.0 Å². The number of allylic oxidation sites excluding steroid dienone is 4. The van der Waals surface area contributed by atoms with Crippen molar-refractivity contribution in [1.82, 2.24) is 4.90 Å². The summed E-state index contributed by atoms with van der Waals surface area (Å²) < 4.78 is 0. The summed E-state index contributed by atoms with van der Waals surface area (Å²) in [4.78, 5) is 32.8. The van der Waals surface area contributed by atoms with Crippen LogP contribution in [0.1, 0.15) is 82.1 Å². The van der Waals surface area contributed by atoms with Gasteiger partial charge in [0, 0.05) is 32.0 Å². The number of hydrogen-bond donors (Lipinski definition) is 2. The molecule has 1 aromatic rings. The zero-order chi connectivity index (χ0) is 26.7. The summed E-state index contributed by atoms with van der Waals surface area (Å²) >= 11 is 6.46. The van der Waals surface area contributed by atoms with E-state index in [2.05, 4.69) is 24.2 Å². The molecule has 1 aromatic carbocycles. The first kappa shape index (κ1) is 29.4. The molecular weight excluding hydrogens is 480 g/mol. The number of rotatable bonds is 7. The van der Waals surface area contributed by atoms with Crippen LogP contribution < -0.4 is 0 Å². The second-order valence-corrected chi connectivity index (χ2v) is 9.58. The summed E-state index contributed by atoms with van der Waals surface area (Å²) in [7, 11) is 0. The van der Waals surface area contributed by atoms with Crippen molar-refractivity contribution in [2.75, 3.05) is 19.7 Å². The molecule has 36 heavy (non-hydrogen) atoms. The van der Waals surface area contributed by atoms with Crippen LogP contribution in [-0.4, -0.2) is 52.2 Å². The third kappa shape index (κ3) is 8.40. The normalized spacial score (nSPS) is 20.7. The maximum Gasteiger partial charge on any atom is 0.263 e. The lowest BCUT2D eigenvalue weighted by Gasteiger charge is -2.19. The highest BCUT2D eigenvalue weighted by Crippen LogP contribution is 2.38. The molecule has 1 aliphatic carbocycles. The van der Waals surface area contributed by atoms with Crippen LogP contribution >= 0.6 is 11.6 Å². The van der Waals surface area contributed by atoms with E-state index >= 15 is 0 Å². The number of ketones is 1. The van der Waals surface area contributed by atoms with Crippen molar-refractivity contribution in [1.29, 1.82) is 0 Å². The first-order chi connectivity index (χ1) is 17.2. The third-order valence-corrected chi connectivity index (χ3v) is 6.79. The van der Waals surface area contributed by atoms with Gasteiger partial charge in [0.1, 0.15) is 11.5 Å². The number of benzene rings is 1. The standard InChI is InChI=1S/C28H39ClN2O5/c1-5-11-20-13-10-8-9-12-19(4)14-21(30-36-18-26(35)31(6-2)7-3)16-22-27(23(32)15-20)24(33)17-25(34)28(22)29/h8,10,14,17,20,33-34H,5-7,9,11-13,15-16,18H2,1-4H3/b10-8+,19-14+,30-21+. The number of fused-ring (bicyclic) bond motifs is 1. The quantitative estimate of drug-likeness (QED) is 0.330. The number of halogens is 1. The van der Waals surface area contributed by atoms with Crippen LogP contribution in [0, 0.1) is 5.92 Å². The highest BCUT2D eigenvalue weighted by Gasteiger charge is 2.25. The Kier molecular flexibility index (Phi) is 12.0. The van der Waals surface area contributed by atoms with E-state index in [0.717, 1.165) is 43.7 Å². The van der Waals surface area contributed by atoms with Crippen LogP contribution in [0.15, 0.2) is 35.0 Å². The van der Waals surface area contributed by atoms with Gasteiger partial charge in [0.25, 0.3) is 5.91 Å². The van der Waals surface area contributed by atoms with Gasteiger partial charge >= 0.3 is 0 Å². The molecule has 0 radical (unpaired) electrons. The lowest BCUT2D eigenvalue weighted by atomic mass is 9.88. The Bertz CT molecular complexity index is 1010. The highest BCUT2D eigenvalue weighted by molar-refractivity contribution is 6.33. The Labute approximate surface area is 219 Å². The molecule has 7 nitrogen and oxygen atoms in total. The Balaban J connectivity index is 2.51. The Morgan fingerprint density at radius 3 is 2.58 bits per heavy atom. The first-order valence-corrected chi connectivity index (χ1v) is 13.1. The number of Topliss-reactive ketones (excluding diaryl/α,β-unsaturated/α-hetero) is 1. The average Bonchev–Trinajstić information content (AvgIpc) is 2.82. The minimum Gasteiger partial charge on any atom is -0.507 e. The number of phenols is 2. The zero-order valence-electron chi connectivity index (χ0n) is 21.8. The molecule has 0 spiro atoms. The van der Waals surface area contributed by atoms with Gasteiger partial charge in [-0.05, 0) is 64.0 Å². The van der Waals surface area contributed by atoms with Gasteiger partial charge in [-0.2, -0.15) is 0 Å². The number of oxime groups is 1. The van der Waals surface area contributed by atoms with Gasteiger partial charge in [-0.15, -0.1) is 0 Å². The molecule has 1 atom stereocenters. The van der Waals surface area contributed by atoms with E-state index in [1.165, 1.54) is 0 Å². The van der Waals surface area contributed by atoms with Crippen LogP contribution in [-0.2, 0) is 16.1 Å². The average molecular weight is 519 g/mol. The van der Waals surface area contributed by atoms with Gasteiger partial charge in [0.2, 0.25) is 0 Å². The molecule has 0 saturated heterocycles. The smallest absolute Gasteiger partial charge is 0.263 e. The first-order valence-electron chi connectivity index (χ1n) is 12.8. The molecular formula is C28H39ClN2O5. The predicted octanol–water partition coefficient (Wildman–Crippen LogP) is 6.21. The molecule has 0 bridgehead atoms. The minimum absolute atomic E-state index is 0.00634. The van der Waals surface area contributed by atoms with Crippen LogP contribution in [0.5, 0.6) is 11.5 Å². The number of amides is 1. The van der Waals surface area contributed by atoms with Crippen molar-refractivity contribution in [3.63, 3.8) is 0 Å². The fourth-order valence-corrected chi connectivity index (χ4v) is 4.66. The van der Waals surface area contributed by atoms with Gasteiger partial charge in [-0.25, -0.2) is 0 Å². The van der Waals surface area contributed by atoms with E-state index in [1.54, 1.807) is 4.90 Å². The molecule has 198 valence electrons. The number of nitrogens with zero attached hydrogens (tertiary/aromatic N) is 2. The maximum absolute atomic E-state index is 13.4. The van der Waals surface area contributed by atoms with Crippen molar-refractivity contribution in [2.24, 2.45) is 11.1 Å². The van der Waals surface area contributed by atoms with Crippen molar-refractivity contribution >= 4 is 29.0 Å². The lowest BCUT2D eigenvalue weighted by Crippen LogP contribution is -2.33. The molecule has 0 saturated carbocycles. The van der Waals surface area contributed by atoms with E-state index in [4.69, 9.17) is 16.4 Å². The van der Waals surface area contributed by atoms with Crippen molar-refractivity contribution in [3.05, 3.63) is 46.0 Å².